The number of nitro benzene ring substituents is 2. The molecule has 1 aliphatic rings. The number of hydrogen-bond acceptors (Lipinski definition) is 7. The topological polar surface area (TPSA) is 128 Å². The molecular weight excluding hydrogens is 356 g/mol. The fourth-order valence-corrected chi connectivity index (χ4v) is 2.78. The lowest BCUT2D eigenvalue weighted by Crippen LogP contribution is -2.36. The number of nitro groups is 2. The molecule has 1 aliphatic heterocycles. The lowest BCUT2D eigenvalue weighted by molar-refractivity contribution is -0.384. The minimum Gasteiger partial charge on any atom is -0.378 e. The molecule has 1 amide bonds. The number of benzene rings is 2. The number of ether oxygens (including phenoxy) is 1. The Labute approximate surface area is 153 Å². The molecule has 1 fully saturated rings. The highest BCUT2D eigenvalue weighted by molar-refractivity contribution is 6.05. The van der Waals surface area contributed by atoms with E-state index in [9.17, 15) is 25.0 Å². The van der Waals surface area contributed by atoms with Crippen LogP contribution in [0.4, 0.5) is 22.7 Å². The van der Waals surface area contributed by atoms with E-state index < -0.39 is 15.8 Å². The van der Waals surface area contributed by atoms with Gasteiger partial charge in [-0.1, -0.05) is 6.07 Å². The van der Waals surface area contributed by atoms with Crippen LogP contribution in [0.25, 0.3) is 0 Å². The molecule has 10 nitrogen and oxygen atoms in total. The number of nitrogens with zero attached hydrogens (tertiary/aromatic N) is 3. The summed E-state index contributed by atoms with van der Waals surface area (Å²) < 4.78 is 5.25. The van der Waals surface area contributed by atoms with Crippen LogP contribution in [-0.4, -0.2) is 42.1 Å². The first kappa shape index (κ1) is 18.3. The van der Waals surface area contributed by atoms with E-state index in [-0.39, 0.29) is 22.6 Å². The number of nitrogens with one attached hydrogen (secondary N) is 1. The summed E-state index contributed by atoms with van der Waals surface area (Å²) in [5, 5.41) is 24.8. The molecule has 0 aromatic heterocycles. The van der Waals surface area contributed by atoms with E-state index in [0.717, 1.165) is 0 Å². The predicted molar refractivity (Wildman–Crippen MR) is 97.2 cm³/mol. The molecule has 0 aliphatic carbocycles. The van der Waals surface area contributed by atoms with Crippen LogP contribution < -0.4 is 10.2 Å². The second-order valence-corrected chi connectivity index (χ2v) is 5.82. The van der Waals surface area contributed by atoms with Crippen LogP contribution >= 0.6 is 0 Å². The average Bonchev–Trinajstić information content (AvgIpc) is 2.68. The quantitative estimate of drug-likeness (QED) is 0.631. The van der Waals surface area contributed by atoms with E-state index in [1.165, 1.54) is 42.5 Å². The highest BCUT2D eigenvalue weighted by atomic mass is 16.6. The van der Waals surface area contributed by atoms with Crippen LogP contribution in [0.2, 0.25) is 0 Å². The fraction of sp³-hybridized carbons (Fsp3) is 0.235. The molecule has 0 spiro atoms. The first-order valence-electron chi connectivity index (χ1n) is 8.12. The number of carbonyl (C=O) groups excluding carboxylic acids is 1. The van der Waals surface area contributed by atoms with Gasteiger partial charge in [-0.3, -0.25) is 25.0 Å². The van der Waals surface area contributed by atoms with Gasteiger partial charge >= 0.3 is 0 Å². The Balaban J connectivity index is 1.84. The number of morpholine rings is 1. The molecule has 27 heavy (non-hydrogen) atoms. The summed E-state index contributed by atoms with van der Waals surface area (Å²) in [6.07, 6.45) is 0. The van der Waals surface area contributed by atoms with E-state index in [4.69, 9.17) is 4.74 Å². The van der Waals surface area contributed by atoms with Crippen molar-refractivity contribution in [3.63, 3.8) is 0 Å². The third kappa shape index (κ3) is 4.18. The number of hydrogen-bond donors (Lipinski definition) is 1. The van der Waals surface area contributed by atoms with E-state index in [1.54, 1.807) is 0 Å². The van der Waals surface area contributed by atoms with Gasteiger partial charge in [0.1, 0.15) is 5.69 Å². The molecule has 0 atom stereocenters. The van der Waals surface area contributed by atoms with Crippen molar-refractivity contribution in [1.82, 2.24) is 0 Å². The molecule has 0 bridgehead atoms. The van der Waals surface area contributed by atoms with Crippen LogP contribution in [0.1, 0.15) is 10.4 Å². The van der Waals surface area contributed by atoms with Crippen molar-refractivity contribution < 1.29 is 19.4 Å². The Morgan fingerprint density at radius 3 is 2.44 bits per heavy atom. The lowest BCUT2D eigenvalue weighted by Gasteiger charge is -2.28. The molecule has 0 unspecified atom stereocenters. The van der Waals surface area contributed by atoms with E-state index in [1.807, 2.05) is 4.90 Å². The van der Waals surface area contributed by atoms with Gasteiger partial charge < -0.3 is 15.0 Å². The zero-order valence-corrected chi connectivity index (χ0v) is 14.2. The van der Waals surface area contributed by atoms with Gasteiger partial charge in [-0.2, -0.15) is 0 Å². The summed E-state index contributed by atoms with van der Waals surface area (Å²) in [6, 6.07) is 9.69. The summed E-state index contributed by atoms with van der Waals surface area (Å²) in [4.78, 5) is 35.4. The normalized spacial score (nSPS) is 13.9. The molecule has 0 radical (unpaired) electrons. The molecule has 1 N–H and O–H groups in total. The van der Waals surface area contributed by atoms with Crippen LogP contribution in [0.5, 0.6) is 0 Å². The van der Waals surface area contributed by atoms with Gasteiger partial charge in [0, 0.05) is 42.5 Å². The minimum absolute atomic E-state index is 0.0882. The molecule has 1 saturated heterocycles. The van der Waals surface area contributed by atoms with E-state index in [0.29, 0.717) is 32.0 Å². The second kappa shape index (κ2) is 7.79. The molecule has 1 heterocycles. The molecule has 140 valence electrons. The summed E-state index contributed by atoms with van der Waals surface area (Å²) >= 11 is 0. The van der Waals surface area contributed by atoms with Crippen molar-refractivity contribution in [3.8, 4) is 0 Å². The Hall–Kier alpha value is -3.53. The van der Waals surface area contributed by atoms with Crippen LogP contribution in [-0.2, 0) is 4.74 Å². The molecule has 3 rings (SSSR count). The summed E-state index contributed by atoms with van der Waals surface area (Å²) in [5.74, 6) is -0.591. The van der Waals surface area contributed by atoms with Gasteiger partial charge in [-0.05, 0) is 18.2 Å². The highest BCUT2D eigenvalue weighted by Crippen LogP contribution is 2.30. The van der Waals surface area contributed by atoms with Crippen LogP contribution in [0.15, 0.2) is 42.5 Å². The summed E-state index contributed by atoms with van der Waals surface area (Å²) in [5.41, 5.74) is 0.402. The monoisotopic (exact) mass is 372 g/mol. The first-order chi connectivity index (χ1) is 13.0. The van der Waals surface area contributed by atoms with Crippen LogP contribution in [0, 0.1) is 20.2 Å². The standard InChI is InChI=1S/C17H16N4O6/c22-17(18-13-2-1-3-14(11-13)20(23)24)12-4-5-15(16(10-12)21(25)26)19-6-8-27-9-7-19/h1-5,10-11H,6-9H2,(H,18,22). The smallest absolute Gasteiger partial charge is 0.293 e. The Kier molecular flexibility index (Phi) is 5.27. The number of amides is 1. The molecule has 0 saturated carbocycles. The SMILES string of the molecule is O=C(Nc1cccc([N+](=O)[O-])c1)c1ccc(N2CCOCC2)c([N+](=O)[O-])c1. The molecule has 2 aromatic rings. The second-order valence-electron chi connectivity index (χ2n) is 5.82. The lowest BCUT2D eigenvalue weighted by atomic mass is 10.1. The Morgan fingerprint density at radius 1 is 1.04 bits per heavy atom. The van der Waals surface area contributed by atoms with Crippen molar-refractivity contribution in [3.05, 3.63) is 68.3 Å². The third-order valence-corrected chi connectivity index (χ3v) is 4.10. The van der Waals surface area contributed by atoms with E-state index in [2.05, 4.69) is 5.32 Å². The van der Waals surface area contributed by atoms with Crippen molar-refractivity contribution in [2.24, 2.45) is 0 Å². The Bertz CT molecular complexity index is 895. The van der Waals surface area contributed by atoms with Crippen molar-refractivity contribution in [2.45, 2.75) is 0 Å². The van der Waals surface area contributed by atoms with Gasteiger partial charge in [-0.15, -0.1) is 0 Å². The minimum atomic E-state index is -0.591. The maximum absolute atomic E-state index is 12.4. The molecule has 2 aromatic carbocycles. The Morgan fingerprint density at radius 2 is 1.78 bits per heavy atom. The summed E-state index contributed by atoms with van der Waals surface area (Å²) in [6.45, 7) is 2.01. The number of rotatable bonds is 5. The van der Waals surface area contributed by atoms with E-state index >= 15 is 0 Å². The maximum atomic E-state index is 12.4. The molecule has 10 heteroatoms. The fourth-order valence-electron chi connectivity index (χ4n) is 2.78. The van der Waals surface area contributed by atoms with Gasteiger partial charge in [0.2, 0.25) is 0 Å². The van der Waals surface area contributed by atoms with Gasteiger partial charge in [-0.25, -0.2) is 0 Å². The predicted octanol–water partition coefficient (Wildman–Crippen LogP) is 2.59. The maximum Gasteiger partial charge on any atom is 0.293 e. The van der Waals surface area contributed by atoms with Crippen molar-refractivity contribution in [2.75, 3.05) is 36.5 Å². The zero-order chi connectivity index (χ0) is 19.4. The first-order valence-corrected chi connectivity index (χ1v) is 8.12. The number of non-ortho nitro benzene ring substituents is 1. The third-order valence-electron chi connectivity index (χ3n) is 4.10. The number of anilines is 2. The van der Waals surface area contributed by atoms with Crippen molar-refractivity contribution >= 4 is 28.7 Å². The van der Waals surface area contributed by atoms with Gasteiger partial charge in [0.25, 0.3) is 17.3 Å². The largest absolute Gasteiger partial charge is 0.378 e. The van der Waals surface area contributed by atoms with Crippen LogP contribution in [0.3, 0.4) is 0 Å². The van der Waals surface area contributed by atoms with Crippen molar-refractivity contribution in [1.29, 1.82) is 0 Å². The number of carbonyl (C=O) groups is 1. The average molecular weight is 372 g/mol. The zero-order valence-electron chi connectivity index (χ0n) is 14.2. The summed E-state index contributed by atoms with van der Waals surface area (Å²) in [7, 11) is 0. The van der Waals surface area contributed by atoms with Gasteiger partial charge in [0.15, 0.2) is 0 Å². The van der Waals surface area contributed by atoms with Gasteiger partial charge in [0.05, 0.1) is 23.1 Å². The highest BCUT2D eigenvalue weighted by Gasteiger charge is 2.23. The molecular formula is C17H16N4O6.